The van der Waals surface area contributed by atoms with Gasteiger partial charge in [0, 0.05) is 29.5 Å². The van der Waals surface area contributed by atoms with E-state index in [9.17, 15) is 0 Å². The van der Waals surface area contributed by atoms with Gasteiger partial charge in [-0.2, -0.15) is 0 Å². The Morgan fingerprint density at radius 1 is 1.14 bits per heavy atom. The van der Waals surface area contributed by atoms with E-state index in [1.54, 1.807) is 0 Å². The topological polar surface area (TPSA) is 12.5 Å². The number of rotatable bonds is 3. The van der Waals surface area contributed by atoms with E-state index < -0.39 is 0 Å². The third kappa shape index (κ3) is 2.86. The van der Waals surface area contributed by atoms with E-state index in [0.717, 1.165) is 35.2 Å². The van der Waals surface area contributed by atoms with Crippen molar-refractivity contribution in [2.45, 2.75) is 25.7 Å². The molecule has 0 bridgehead atoms. The molecule has 0 saturated heterocycles. The van der Waals surface area contributed by atoms with Crippen LogP contribution in [0, 0.1) is 0 Å². The predicted molar refractivity (Wildman–Crippen MR) is 89.1 cm³/mol. The van der Waals surface area contributed by atoms with Gasteiger partial charge < -0.3 is 9.64 Å². The number of ether oxygens (including phenoxy) is 1. The second-order valence-corrected chi connectivity index (χ2v) is 5.94. The maximum atomic E-state index is 5.95. The van der Waals surface area contributed by atoms with Crippen molar-refractivity contribution in [1.29, 1.82) is 0 Å². The Morgan fingerprint density at radius 2 is 1.86 bits per heavy atom. The molecule has 0 unspecified atom stereocenters. The summed E-state index contributed by atoms with van der Waals surface area (Å²) in [6, 6.07) is 14.4. The molecule has 2 nitrogen and oxygen atoms in total. The Balaban J connectivity index is 1.91. The van der Waals surface area contributed by atoms with Gasteiger partial charge in [-0.1, -0.05) is 24.6 Å². The van der Waals surface area contributed by atoms with Crippen LogP contribution in [-0.2, 0) is 0 Å². The van der Waals surface area contributed by atoms with Crippen LogP contribution in [0.3, 0.4) is 0 Å². The van der Waals surface area contributed by atoms with Crippen molar-refractivity contribution in [2.75, 3.05) is 18.6 Å². The van der Waals surface area contributed by atoms with Crippen LogP contribution in [0.5, 0.6) is 5.75 Å². The van der Waals surface area contributed by atoms with E-state index in [1.807, 2.05) is 24.3 Å². The van der Waals surface area contributed by atoms with Crippen molar-refractivity contribution in [2.24, 2.45) is 0 Å². The lowest BCUT2D eigenvalue weighted by molar-refractivity contribution is 0.265. The zero-order valence-corrected chi connectivity index (χ0v) is 13.2. The molecule has 0 fully saturated rings. The van der Waals surface area contributed by atoms with Crippen molar-refractivity contribution < 1.29 is 4.74 Å². The summed E-state index contributed by atoms with van der Waals surface area (Å²) in [5.74, 6) is 1.66. The Labute approximate surface area is 131 Å². The van der Waals surface area contributed by atoms with E-state index in [4.69, 9.17) is 16.3 Å². The van der Waals surface area contributed by atoms with Crippen molar-refractivity contribution in [3.05, 3.63) is 53.1 Å². The maximum absolute atomic E-state index is 5.95. The fourth-order valence-corrected chi connectivity index (χ4v) is 3.02. The molecule has 110 valence electrons. The number of fused-ring (bicyclic) bond motifs is 1. The highest BCUT2D eigenvalue weighted by molar-refractivity contribution is 6.30. The summed E-state index contributed by atoms with van der Waals surface area (Å²) in [5.41, 5.74) is 3.59. The molecule has 3 rings (SSSR count). The van der Waals surface area contributed by atoms with E-state index in [0.29, 0.717) is 5.92 Å². The molecule has 0 aliphatic carbocycles. The van der Waals surface area contributed by atoms with E-state index in [-0.39, 0.29) is 0 Å². The average Bonchev–Trinajstić information content (AvgIpc) is 2.53. The smallest absolute Gasteiger partial charge is 0.124 e. The maximum Gasteiger partial charge on any atom is 0.124 e. The van der Waals surface area contributed by atoms with Gasteiger partial charge in [0.15, 0.2) is 0 Å². The van der Waals surface area contributed by atoms with Crippen LogP contribution in [0.15, 0.2) is 42.5 Å². The standard InChI is InChI=1S/C18H20ClNO/c1-3-13-10-11-21-18-12-16(8-9-17(13)18)20(2)15-6-4-14(19)5-7-15/h4-9,12-13H,3,10-11H2,1-2H3/t13-/m1/s1. The zero-order chi connectivity index (χ0) is 14.8. The SMILES string of the molecule is CC[C@@H]1CCOc2cc(N(C)c3ccc(Cl)cc3)ccc21. The van der Waals surface area contributed by atoms with Crippen LogP contribution >= 0.6 is 11.6 Å². The number of benzene rings is 2. The van der Waals surface area contributed by atoms with Crippen LogP contribution < -0.4 is 9.64 Å². The van der Waals surface area contributed by atoms with Crippen LogP contribution in [0.4, 0.5) is 11.4 Å². The number of hydrogen-bond acceptors (Lipinski definition) is 2. The second-order valence-electron chi connectivity index (χ2n) is 5.50. The van der Waals surface area contributed by atoms with E-state index >= 15 is 0 Å². The quantitative estimate of drug-likeness (QED) is 0.754. The lowest BCUT2D eigenvalue weighted by atomic mass is 9.91. The first kappa shape index (κ1) is 14.3. The molecule has 0 amide bonds. The molecule has 1 heterocycles. The van der Waals surface area contributed by atoms with Crippen LogP contribution in [0.2, 0.25) is 5.02 Å². The van der Waals surface area contributed by atoms with E-state index in [1.165, 1.54) is 12.0 Å². The lowest BCUT2D eigenvalue weighted by Gasteiger charge is -2.27. The molecule has 1 aliphatic rings. The average molecular weight is 302 g/mol. The second kappa shape index (κ2) is 5.98. The van der Waals surface area contributed by atoms with Gasteiger partial charge in [-0.05, 0) is 54.7 Å². The minimum Gasteiger partial charge on any atom is -0.493 e. The summed E-state index contributed by atoms with van der Waals surface area (Å²) >= 11 is 5.95. The number of hydrogen-bond donors (Lipinski definition) is 0. The summed E-state index contributed by atoms with van der Waals surface area (Å²) in [6.45, 7) is 3.06. The van der Waals surface area contributed by atoms with E-state index in [2.05, 4.69) is 37.1 Å². The molecule has 0 spiro atoms. The molecule has 3 heteroatoms. The lowest BCUT2D eigenvalue weighted by Crippen LogP contribution is -2.15. The van der Waals surface area contributed by atoms with Crippen molar-refractivity contribution in [3.63, 3.8) is 0 Å². The first-order chi connectivity index (χ1) is 10.2. The van der Waals surface area contributed by atoms with Crippen LogP contribution in [0.1, 0.15) is 31.2 Å². The van der Waals surface area contributed by atoms with Crippen molar-refractivity contribution in [1.82, 2.24) is 0 Å². The Hall–Kier alpha value is -1.67. The summed E-state index contributed by atoms with van der Waals surface area (Å²) in [4.78, 5) is 2.15. The van der Waals surface area contributed by atoms with Gasteiger partial charge >= 0.3 is 0 Å². The Bertz CT molecular complexity index is 624. The first-order valence-electron chi connectivity index (χ1n) is 7.45. The molecule has 1 atom stereocenters. The summed E-state index contributed by atoms with van der Waals surface area (Å²) in [7, 11) is 2.06. The van der Waals surface area contributed by atoms with Gasteiger partial charge in [-0.3, -0.25) is 0 Å². The first-order valence-corrected chi connectivity index (χ1v) is 7.83. The fraction of sp³-hybridized carbons (Fsp3) is 0.333. The zero-order valence-electron chi connectivity index (χ0n) is 12.5. The van der Waals surface area contributed by atoms with Gasteiger partial charge in [-0.15, -0.1) is 0 Å². The third-order valence-electron chi connectivity index (χ3n) is 4.25. The van der Waals surface area contributed by atoms with Crippen molar-refractivity contribution in [3.8, 4) is 5.75 Å². The molecule has 0 radical (unpaired) electrons. The summed E-state index contributed by atoms with van der Waals surface area (Å²) < 4.78 is 5.85. The molecule has 2 aromatic carbocycles. The number of anilines is 2. The van der Waals surface area contributed by atoms with Gasteiger partial charge in [0.1, 0.15) is 5.75 Å². The van der Waals surface area contributed by atoms with Gasteiger partial charge in [0.2, 0.25) is 0 Å². The normalized spacial score (nSPS) is 17.0. The molecule has 1 aliphatic heterocycles. The third-order valence-corrected chi connectivity index (χ3v) is 4.51. The monoisotopic (exact) mass is 301 g/mol. The highest BCUT2D eigenvalue weighted by atomic mass is 35.5. The Kier molecular flexibility index (Phi) is 4.07. The largest absolute Gasteiger partial charge is 0.493 e. The molecular weight excluding hydrogens is 282 g/mol. The molecule has 0 aromatic heterocycles. The minimum absolute atomic E-state index is 0.628. The molecular formula is C18H20ClNO. The molecule has 21 heavy (non-hydrogen) atoms. The van der Waals surface area contributed by atoms with Crippen LogP contribution in [-0.4, -0.2) is 13.7 Å². The Morgan fingerprint density at radius 3 is 2.57 bits per heavy atom. The number of halogens is 1. The highest BCUT2D eigenvalue weighted by Gasteiger charge is 2.20. The summed E-state index contributed by atoms with van der Waals surface area (Å²) in [5, 5.41) is 0.756. The number of nitrogens with zero attached hydrogens (tertiary/aromatic N) is 1. The van der Waals surface area contributed by atoms with Gasteiger partial charge in [0.25, 0.3) is 0 Å². The minimum atomic E-state index is 0.628. The molecule has 2 aromatic rings. The summed E-state index contributed by atoms with van der Waals surface area (Å²) in [6.07, 6.45) is 2.29. The highest BCUT2D eigenvalue weighted by Crippen LogP contribution is 2.38. The van der Waals surface area contributed by atoms with Gasteiger partial charge in [0.05, 0.1) is 6.61 Å². The molecule has 0 N–H and O–H groups in total. The fourth-order valence-electron chi connectivity index (χ4n) is 2.90. The molecule has 0 saturated carbocycles. The van der Waals surface area contributed by atoms with Crippen LogP contribution in [0.25, 0.3) is 0 Å². The van der Waals surface area contributed by atoms with Crippen molar-refractivity contribution >= 4 is 23.0 Å². The van der Waals surface area contributed by atoms with Gasteiger partial charge in [-0.25, -0.2) is 0 Å². The predicted octanol–water partition coefficient (Wildman–Crippen LogP) is 5.38.